The van der Waals surface area contributed by atoms with E-state index >= 15 is 0 Å². The molecule has 0 aliphatic carbocycles. The van der Waals surface area contributed by atoms with E-state index in [1.807, 2.05) is 18.2 Å². The van der Waals surface area contributed by atoms with Crippen LogP contribution in [-0.4, -0.2) is 6.04 Å². The fraction of sp³-hybridized carbons (Fsp3) is 0.538. The Morgan fingerprint density at radius 1 is 1.24 bits per heavy atom. The summed E-state index contributed by atoms with van der Waals surface area (Å²) >= 11 is 11.9. The average Bonchev–Trinajstić information content (AvgIpc) is 2.32. The van der Waals surface area contributed by atoms with E-state index in [0.29, 0.717) is 16.1 Å². The second-order valence-corrected chi connectivity index (χ2v) is 5.13. The minimum atomic E-state index is 0.304. The van der Waals surface area contributed by atoms with Gasteiger partial charge in [0.2, 0.25) is 0 Å². The van der Waals surface area contributed by atoms with Crippen molar-refractivity contribution in [1.29, 1.82) is 0 Å². The van der Waals surface area contributed by atoms with Crippen molar-refractivity contribution in [1.82, 2.24) is 5.43 Å². The van der Waals surface area contributed by atoms with Gasteiger partial charge in [-0.05, 0) is 30.5 Å². The molecule has 1 aromatic rings. The summed E-state index contributed by atoms with van der Waals surface area (Å²) in [7, 11) is 0. The Labute approximate surface area is 113 Å². The van der Waals surface area contributed by atoms with Gasteiger partial charge in [0.05, 0.1) is 10.0 Å². The van der Waals surface area contributed by atoms with Gasteiger partial charge in [-0.2, -0.15) is 0 Å². The van der Waals surface area contributed by atoms with E-state index in [9.17, 15) is 0 Å². The molecule has 0 heterocycles. The van der Waals surface area contributed by atoms with Gasteiger partial charge in [0.15, 0.2) is 0 Å². The maximum atomic E-state index is 5.98. The highest BCUT2D eigenvalue weighted by molar-refractivity contribution is 6.42. The molecule has 2 nitrogen and oxygen atoms in total. The zero-order chi connectivity index (χ0) is 12.7. The van der Waals surface area contributed by atoms with Crippen LogP contribution < -0.4 is 11.3 Å². The molecule has 0 fully saturated rings. The number of hydrogen-bond donors (Lipinski definition) is 2. The number of rotatable bonds is 7. The van der Waals surface area contributed by atoms with Crippen molar-refractivity contribution in [2.24, 2.45) is 5.84 Å². The molecule has 0 bridgehead atoms. The maximum absolute atomic E-state index is 5.98. The van der Waals surface area contributed by atoms with E-state index in [-0.39, 0.29) is 0 Å². The van der Waals surface area contributed by atoms with E-state index in [2.05, 4.69) is 12.3 Å². The summed E-state index contributed by atoms with van der Waals surface area (Å²) in [5, 5.41) is 1.20. The summed E-state index contributed by atoms with van der Waals surface area (Å²) in [5.41, 5.74) is 4.03. The van der Waals surface area contributed by atoms with Crippen LogP contribution in [0.25, 0.3) is 0 Å². The molecule has 1 unspecified atom stereocenters. The standard InChI is InChI=1S/C13H20Cl2N2/c1-2-3-4-5-11(17-16)8-10-6-7-12(14)13(15)9-10/h6-7,9,11,17H,2-5,8,16H2,1H3. The number of unbranched alkanes of at least 4 members (excludes halogenated alkanes) is 2. The number of hydrogen-bond acceptors (Lipinski definition) is 2. The highest BCUT2D eigenvalue weighted by Crippen LogP contribution is 2.23. The molecule has 96 valence electrons. The Morgan fingerprint density at radius 2 is 2.00 bits per heavy atom. The molecule has 0 amide bonds. The van der Waals surface area contributed by atoms with Crippen molar-refractivity contribution in [2.45, 2.75) is 45.1 Å². The van der Waals surface area contributed by atoms with Gasteiger partial charge in [-0.3, -0.25) is 11.3 Å². The molecule has 0 aromatic heterocycles. The summed E-state index contributed by atoms with van der Waals surface area (Å²) < 4.78 is 0. The van der Waals surface area contributed by atoms with Crippen molar-refractivity contribution < 1.29 is 0 Å². The molecule has 0 saturated carbocycles. The highest BCUT2D eigenvalue weighted by Gasteiger charge is 2.08. The smallest absolute Gasteiger partial charge is 0.0595 e. The number of nitrogens with two attached hydrogens (primary N) is 1. The zero-order valence-corrected chi connectivity index (χ0v) is 11.7. The lowest BCUT2D eigenvalue weighted by molar-refractivity contribution is 0.467. The van der Waals surface area contributed by atoms with Crippen LogP contribution in [-0.2, 0) is 6.42 Å². The number of benzene rings is 1. The molecule has 0 spiro atoms. The lowest BCUT2D eigenvalue weighted by Gasteiger charge is -2.16. The van der Waals surface area contributed by atoms with E-state index in [4.69, 9.17) is 29.0 Å². The van der Waals surface area contributed by atoms with Crippen LogP contribution in [0.1, 0.15) is 38.2 Å². The number of hydrazine groups is 1. The zero-order valence-electron chi connectivity index (χ0n) is 10.2. The first-order valence-electron chi connectivity index (χ1n) is 6.07. The third kappa shape index (κ3) is 5.26. The summed E-state index contributed by atoms with van der Waals surface area (Å²) in [6, 6.07) is 6.05. The molecule has 0 aliphatic rings. The van der Waals surface area contributed by atoms with Crippen LogP contribution in [0.15, 0.2) is 18.2 Å². The molecule has 0 radical (unpaired) electrons. The summed E-state index contributed by atoms with van der Waals surface area (Å²) in [4.78, 5) is 0. The maximum Gasteiger partial charge on any atom is 0.0595 e. The van der Waals surface area contributed by atoms with Crippen molar-refractivity contribution >= 4 is 23.2 Å². The van der Waals surface area contributed by atoms with Gasteiger partial charge < -0.3 is 0 Å². The third-order valence-electron chi connectivity index (χ3n) is 2.86. The van der Waals surface area contributed by atoms with Gasteiger partial charge in [0.1, 0.15) is 0 Å². The minimum Gasteiger partial charge on any atom is -0.271 e. The molecule has 4 heteroatoms. The van der Waals surface area contributed by atoms with Crippen LogP contribution in [0.2, 0.25) is 10.0 Å². The lowest BCUT2D eigenvalue weighted by Crippen LogP contribution is -2.36. The molecule has 1 atom stereocenters. The lowest BCUT2D eigenvalue weighted by atomic mass is 10.0. The minimum absolute atomic E-state index is 0.304. The largest absolute Gasteiger partial charge is 0.271 e. The van der Waals surface area contributed by atoms with E-state index in [1.165, 1.54) is 24.8 Å². The molecule has 3 N–H and O–H groups in total. The molecule has 1 aromatic carbocycles. The summed E-state index contributed by atoms with van der Waals surface area (Å²) in [6.45, 7) is 2.20. The Morgan fingerprint density at radius 3 is 2.59 bits per heavy atom. The average molecular weight is 275 g/mol. The number of nitrogens with one attached hydrogen (secondary N) is 1. The molecule has 0 saturated heterocycles. The third-order valence-corrected chi connectivity index (χ3v) is 3.60. The van der Waals surface area contributed by atoms with Crippen LogP contribution in [0.3, 0.4) is 0 Å². The van der Waals surface area contributed by atoms with Gasteiger partial charge in [0.25, 0.3) is 0 Å². The number of halogens is 2. The monoisotopic (exact) mass is 274 g/mol. The van der Waals surface area contributed by atoms with Gasteiger partial charge in [-0.15, -0.1) is 0 Å². The fourth-order valence-corrected chi connectivity index (χ4v) is 2.16. The Balaban J connectivity index is 2.51. The van der Waals surface area contributed by atoms with Crippen molar-refractivity contribution in [3.8, 4) is 0 Å². The van der Waals surface area contributed by atoms with Crippen LogP contribution >= 0.6 is 23.2 Å². The molecular formula is C13H20Cl2N2. The second-order valence-electron chi connectivity index (χ2n) is 4.31. The summed E-state index contributed by atoms with van der Waals surface area (Å²) in [5.74, 6) is 5.56. The van der Waals surface area contributed by atoms with Crippen molar-refractivity contribution in [2.75, 3.05) is 0 Å². The molecule has 17 heavy (non-hydrogen) atoms. The van der Waals surface area contributed by atoms with E-state index in [1.54, 1.807) is 0 Å². The SMILES string of the molecule is CCCCCC(Cc1ccc(Cl)c(Cl)c1)NN. The van der Waals surface area contributed by atoms with Gasteiger partial charge >= 0.3 is 0 Å². The van der Waals surface area contributed by atoms with Gasteiger partial charge in [-0.25, -0.2) is 0 Å². The van der Waals surface area contributed by atoms with Crippen molar-refractivity contribution in [3.05, 3.63) is 33.8 Å². The van der Waals surface area contributed by atoms with E-state index in [0.717, 1.165) is 12.8 Å². The van der Waals surface area contributed by atoms with Crippen LogP contribution in [0.4, 0.5) is 0 Å². The van der Waals surface area contributed by atoms with Gasteiger partial charge in [0, 0.05) is 6.04 Å². The normalized spacial score (nSPS) is 12.7. The Bertz CT molecular complexity index is 342. The topological polar surface area (TPSA) is 38.0 Å². The predicted molar refractivity (Wildman–Crippen MR) is 75.4 cm³/mol. The van der Waals surface area contributed by atoms with Gasteiger partial charge in [-0.1, -0.05) is 55.5 Å². The molecule has 1 rings (SSSR count). The van der Waals surface area contributed by atoms with Crippen LogP contribution in [0, 0.1) is 0 Å². The fourth-order valence-electron chi connectivity index (χ4n) is 1.84. The Hall–Kier alpha value is -0.280. The molecular weight excluding hydrogens is 255 g/mol. The predicted octanol–water partition coefficient (Wildman–Crippen LogP) is 3.95. The van der Waals surface area contributed by atoms with Crippen molar-refractivity contribution in [3.63, 3.8) is 0 Å². The highest BCUT2D eigenvalue weighted by atomic mass is 35.5. The van der Waals surface area contributed by atoms with E-state index < -0.39 is 0 Å². The molecule has 0 aliphatic heterocycles. The first kappa shape index (κ1) is 14.8. The first-order valence-corrected chi connectivity index (χ1v) is 6.83. The summed E-state index contributed by atoms with van der Waals surface area (Å²) in [6.07, 6.45) is 5.65. The van der Waals surface area contributed by atoms with Crippen LogP contribution in [0.5, 0.6) is 0 Å². The second kappa shape index (κ2) is 7.93. The first-order chi connectivity index (χ1) is 8.17. The quantitative estimate of drug-likeness (QED) is 0.449. The Kier molecular flexibility index (Phi) is 6.90.